The van der Waals surface area contributed by atoms with Crippen LogP contribution in [0.4, 0.5) is 0 Å². The van der Waals surface area contributed by atoms with E-state index in [-0.39, 0.29) is 0 Å². The molecule has 1 aromatic heterocycles. The molecule has 0 saturated heterocycles. The topological polar surface area (TPSA) is 64.3 Å². The summed E-state index contributed by atoms with van der Waals surface area (Å²) in [6, 6.07) is 18.5. The first-order valence-corrected chi connectivity index (χ1v) is 10.9. The Morgan fingerprint density at radius 3 is 2.48 bits per heavy atom. The summed E-state index contributed by atoms with van der Waals surface area (Å²) in [5.74, 6) is 0.742. The fraction of sp³-hybridized carbons (Fsp3) is 0.308. The van der Waals surface area contributed by atoms with Gasteiger partial charge in [0.1, 0.15) is 18.2 Å². The molecule has 1 heterocycles. The largest absolute Gasteiger partial charge is 0.489 e. The summed E-state index contributed by atoms with van der Waals surface area (Å²) in [6.07, 6.45) is 9.20. The molecule has 0 radical (unpaired) electrons. The van der Waals surface area contributed by atoms with Crippen LogP contribution >= 0.6 is 0 Å². The maximum absolute atomic E-state index is 11.1. The third kappa shape index (κ3) is 5.23. The van der Waals surface area contributed by atoms with Crippen molar-refractivity contribution in [2.75, 3.05) is 0 Å². The molecule has 1 aliphatic carbocycles. The number of nitrogens with zero attached hydrogens (tertiary/aromatic N) is 2. The lowest BCUT2D eigenvalue weighted by Gasteiger charge is -2.24. The van der Waals surface area contributed by atoms with Gasteiger partial charge >= 0.3 is 5.97 Å². The van der Waals surface area contributed by atoms with Gasteiger partial charge in [0.15, 0.2) is 0 Å². The van der Waals surface area contributed by atoms with Crippen molar-refractivity contribution in [3.05, 3.63) is 78.1 Å². The molecule has 5 heteroatoms. The summed E-state index contributed by atoms with van der Waals surface area (Å²) in [4.78, 5) is 15.9. The molecule has 1 saturated carbocycles. The number of hydrogen-bond donors (Lipinski definition) is 1. The standard InChI is InChI=1S/C26H28N2O3/c1-19(16-25(29)30)24-17-28(22-10-6-3-7-11-22)26(27-24)21-12-14-23(15-13-21)31-18-20-8-4-2-5-9-20/h2,4-5,8-9,12-17,22H,3,6-7,10-11,18H2,1H3,(H,29,30)/b19-16+. The van der Waals surface area contributed by atoms with Gasteiger partial charge in [0.2, 0.25) is 0 Å². The Morgan fingerprint density at radius 2 is 1.81 bits per heavy atom. The molecule has 0 atom stereocenters. The van der Waals surface area contributed by atoms with Gasteiger partial charge < -0.3 is 14.4 Å². The van der Waals surface area contributed by atoms with Crippen LogP contribution in [0.1, 0.15) is 56.3 Å². The Bertz CT molecular complexity index is 1050. The summed E-state index contributed by atoms with van der Waals surface area (Å²) in [5, 5.41) is 9.13. The molecule has 2 aromatic carbocycles. The zero-order valence-corrected chi connectivity index (χ0v) is 17.8. The van der Waals surface area contributed by atoms with E-state index in [4.69, 9.17) is 14.8 Å². The van der Waals surface area contributed by atoms with Crippen molar-refractivity contribution >= 4 is 11.5 Å². The molecule has 0 bridgehead atoms. The highest BCUT2D eigenvalue weighted by molar-refractivity contribution is 5.89. The molecule has 1 N–H and O–H groups in total. The predicted octanol–water partition coefficient (Wildman–Crippen LogP) is 6.12. The Kier molecular flexibility index (Phi) is 6.51. The van der Waals surface area contributed by atoms with Crippen molar-refractivity contribution in [2.45, 2.75) is 51.7 Å². The minimum Gasteiger partial charge on any atom is -0.489 e. The Morgan fingerprint density at radius 1 is 1.10 bits per heavy atom. The van der Waals surface area contributed by atoms with E-state index in [1.54, 1.807) is 6.92 Å². The summed E-state index contributed by atoms with van der Waals surface area (Å²) in [7, 11) is 0. The molecule has 0 spiro atoms. The monoisotopic (exact) mass is 416 g/mol. The van der Waals surface area contributed by atoms with E-state index in [1.165, 1.54) is 25.3 Å². The van der Waals surface area contributed by atoms with Crippen molar-refractivity contribution in [2.24, 2.45) is 0 Å². The van der Waals surface area contributed by atoms with Crippen LogP contribution in [0, 0.1) is 0 Å². The molecule has 1 aliphatic rings. The molecule has 0 unspecified atom stereocenters. The Labute approximate surface area is 183 Å². The molecule has 0 aliphatic heterocycles. The van der Waals surface area contributed by atoms with E-state index in [0.29, 0.717) is 23.9 Å². The number of carboxylic acid groups (broad SMARTS) is 1. The van der Waals surface area contributed by atoms with Crippen molar-refractivity contribution in [3.63, 3.8) is 0 Å². The average Bonchev–Trinajstić information content (AvgIpc) is 3.25. The van der Waals surface area contributed by atoms with Gasteiger partial charge in [-0.1, -0.05) is 49.6 Å². The smallest absolute Gasteiger partial charge is 0.328 e. The van der Waals surface area contributed by atoms with Gasteiger partial charge in [-0.25, -0.2) is 9.78 Å². The van der Waals surface area contributed by atoms with Crippen LogP contribution in [-0.2, 0) is 11.4 Å². The van der Waals surface area contributed by atoms with E-state index in [9.17, 15) is 4.79 Å². The van der Waals surface area contributed by atoms with Gasteiger partial charge in [-0.15, -0.1) is 0 Å². The van der Waals surface area contributed by atoms with Gasteiger partial charge in [-0.05, 0) is 55.2 Å². The highest BCUT2D eigenvalue weighted by Crippen LogP contribution is 2.34. The van der Waals surface area contributed by atoms with Gasteiger partial charge in [0, 0.05) is 23.9 Å². The number of carboxylic acids is 1. The summed E-state index contributed by atoms with van der Waals surface area (Å²) >= 11 is 0. The highest BCUT2D eigenvalue weighted by Gasteiger charge is 2.21. The number of allylic oxidation sites excluding steroid dienone is 1. The second-order valence-electron chi connectivity index (χ2n) is 8.11. The number of aromatic nitrogens is 2. The molecule has 3 aromatic rings. The highest BCUT2D eigenvalue weighted by atomic mass is 16.5. The number of ether oxygens (including phenoxy) is 1. The van der Waals surface area contributed by atoms with Crippen LogP contribution in [0.15, 0.2) is 66.9 Å². The third-order valence-corrected chi connectivity index (χ3v) is 5.81. The predicted molar refractivity (Wildman–Crippen MR) is 122 cm³/mol. The number of rotatable bonds is 7. The number of hydrogen-bond acceptors (Lipinski definition) is 3. The fourth-order valence-corrected chi connectivity index (χ4v) is 4.14. The van der Waals surface area contributed by atoms with Crippen LogP contribution in [0.2, 0.25) is 0 Å². The molecule has 0 amide bonds. The second kappa shape index (κ2) is 9.65. The lowest BCUT2D eigenvalue weighted by atomic mass is 9.95. The SMILES string of the molecule is C/C(=C\C(=O)O)c1cn(C2CCCCC2)c(-c2ccc(OCc3ccccc3)cc2)n1. The summed E-state index contributed by atoms with van der Waals surface area (Å²) < 4.78 is 8.16. The number of imidazole rings is 1. The maximum atomic E-state index is 11.1. The van der Waals surface area contributed by atoms with Gasteiger partial charge in [-0.2, -0.15) is 0 Å². The number of aliphatic carboxylic acids is 1. The van der Waals surface area contributed by atoms with Gasteiger partial charge in [0.05, 0.1) is 5.69 Å². The van der Waals surface area contributed by atoms with Crippen LogP contribution in [-0.4, -0.2) is 20.6 Å². The Hall–Kier alpha value is -3.34. The number of carbonyl (C=O) groups is 1. The zero-order valence-electron chi connectivity index (χ0n) is 17.8. The molecule has 160 valence electrons. The normalized spacial score (nSPS) is 15.1. The van der Waals surface area contributed by atoms with E-state index in [2.05, 4.69) is 4.57 Å². The first-order chi connectivity index (χ1) is 15.1. The minimum absolute atomic E-state index is 0.400. The first kappa shape index (κ1) is 20.9. The van der Waals surface area contributed by atoms with E-state index in [0.717, 1.165) is 35.5 Å². The van der Waals surface area contributed by atoms with Crippen LogP contribution in [0.3, 0.4) is 0 Å². The van der Waals surface area contributed by atoms with E-state index >= 15 is 0 Å². The lowest BCUT2D eigenvalue weighted by molar-refractivity contribution is -0.131. The number of benzene rings is 2. The van der Waals surface area contributed by atoms with Crippen molar-refractivity contribution in [1.29, 1.82) is 0 Å². The van der Waals surface area contributed by atoms with E-state index in [1.807, 2.05) is 60.8 Å². The van der Waals surface area contributed by atoms with E-state index < -0.39 is 5.97 Å². The fourth-order valence-electron chi connectivity index (χ4n) is 4.14. The van der Waals surface area contributed by atoms with Crippen molar-refractivity contribution in [1.82, 2.24) is 9.55 Å². The quantitative estimate of drug-likeness (QED) is 0.471. The molecule has 4 rings (SSSR count). The minimum atomic E-state index is -0.953. The summed E-state index contributed by atoms with van der Waals surface area (Å²) in [5.41, 5.74) is 3.51. The molecule has 1 fully saturated rings. The average molecular weight is 417 g/mol. The van der Waals surface area contributed by atoms with Gasteiger partial charge in [-0.3, -0.25) is 0 Å². The second-order valence-corrected chi connectivity index (χ2v) is 8.11. The molecular weight excluding hydrogens is 388 g/mol. The molecular formula is C26H28N2O3. The Balaban J connectivity index is 1.59. The van der Waals surface area contributed by atoms with Crippen LogP contribution < -0.4 is 4.74 Å². The van der Waals surface area contributed by atoms with Crippen molar-refractivity contribution < 1.29 is 14.6 Å². The lowest BCUT2D eigenvalue weighted by Crippen LogP contribution is -2.13. The third-order valence-electron chi connectivity index (χ3n) is 5.81. The van der Waals surface area contributed by atoms with Gasteiger partial charge in [0.25, 0.3) is 0 Å². The first-order valence-electron chi connectivity index (χ1n) is 10.9. The van der Waals surface area contributed by atoms with Crippen LogP contribution in [0.5, 0.6) is 5.75 Å². The van der Waals surface area contributed by atoms with Crippen molar-refractivity contribution in [3.8, 4) is 17.1 Å². The zero-order chi connectivity index (χ0) is 21.6. The molecule has 31 heavy (non-hydrogen) atoms. The van der Waals surface area contributed by atoms with Crippen LogP contribution in [0.25, 0.3) is 17.0 Å². The maximum Gasteiger partial charge on any atom is 0.328 e. The summed E-state index contributed by atoms with van der Waals surface area (Å²) in [6.45, 7) is 2.33. The molecule has 5 nitrogen and oxygen atoms in total.